The molecule has 1 aromatic rings. The number of amides is 1. The zero-order chi connectivity index (χ0) is 20.0. The molecule has 152 valence electrons. The van der Waals surface area contributed by atoms with Gasteiger partial charge in [0.2, 0.25) is 0 Å². The second-order valence-electron chi connectivity index (χ2n) is 7.97. The van der Waals surface area contributed by atoms with Crippen LogP contribution in [0.3, 0.4) is 0 Å². The van der Waals surface area contributed by atoms with Gasteiger partial charge in [-0.15, -0.1) is 0 Å². The lowest BCUT2D eigenvalue weighted by molar-refractivity contribution is -0.00207. The molecule has 1 saturated heterocycles. The Labute approximate surface area is 165 Å². The van der Waals surface area contributed by atoms with E-state index in [1.165, 1.54) is 7.11 Å². The second kappa shape index (κ2) is 9.71. The molecule has 2 N–H and O–H groups in total. The predicted octanol–water partition coefficient (Wildman–Crippen LogP) is 3.15. The van der Waals surface area contributed by atoms with Crippen molar-refractivity contribution in [1.29, 1.82) is 0 Å². The van der Waals surface area contributed by atoms with Crippen molar-refractivity contribution in [3.05, 3.63) is 28.8 Å². The van der Waals surface area contributed by atoms with Gasteiger partial charge in [-0.25, -0.2) is 0 Å². The number of aliphatic hydroxyl groups is 1. The highest BCUT2D eigenvalue weighted by Gasteiger charge is 2.30. The number of methoxy groups -OCH3 is 1. The van der Waals surface area contributed by atoms with Gasteiger partial charge in [0.15, 0.2) is 0 Å². The molecule has 7 heteroatoms. The van der Waals surface area contributed by atoms with Crippen LogP contribution in [0.2, 0.25) is 5.02 Å². The molecular formula is C20H30ClFN2O3. The van der Waals surface area contributed by atoms with Crippen molar-refractivity contribution < 1.29 is 19.0 Å². The number of aliphatic hydroxyl groups excluding tert-OH is 1. The predicted molar refractivity (Wildman–Crippen MR) is 105 cm³/mol. The van der Waals surface area contributed by atoms with E-state index in [-0.39, 0.29) is 5.91 Å². The maximum absolute atomic E-state index is 13.0. The highest BCUT2D eigenvalue weighted by Crippen LogP contribution is 2.24. The van der Waals surface area contributed by atoms with Crippen molar-refractivity contribution in [2.45, 2.75) is 32.8 Å². The molecule has 1 aliphatic rings. The summed E-state index contributed by atoms with van der Waals surface area (Å²) in [5, 5.41) is 13.6. The number of halogens is 2. The van der Waals surface area contributed by atoms with E-state index in [9.17, 15) is 14.3 Å². The number of hydrogen-bond donors (Lipinski definition) is 2. The monoisotopic (exact) mass is 400 g/mol. The highest BCUT2D eigenvalue weighted by molar-refractivity contribution is 6.31. The molecule has 0 bridgehead atoms. The molecule has 0 unspecified atom stereocenters. The van der Waals surface area contributed by atoms with Gasteiger partial charge in [0.25, 0.3) is 5.91 Å². The minimum Gasteiger partial charge on any atom is -0.497 e. The standard InChI is InChI=1S/C20H30ClFN2O3/c1-20(2,13-22)18(25)12-24-6-4-14(5-7-24)11-23-19(26)15-8-16(21)10-17(9-15)27-3/h8-10,14,18,25H,4-7,11-13H2,1-3H3,(H,23,26)/t18-/m1/s1. The first kappa shape index (κ1) is 21.9. The number of piperidine rings is 1. The summed E-state index contributed by atoms with van der Waals surface area (Å²) in [6, 6.07) is 4.94. The lowest BCUT2D eigenvalue weighted by Gasteiger charge is -2.36. The van der Waals surface area contributed by atoms with Gasteiger partial charge < -0.3 is 20.1 Å². The number of likely N-dealkylation sites (tertiary alicyclic amines) is 1. The molecule has 5 nitrogen and oxygen atoms in total. The number of hydrogen-bond acceptors (Lipinski definition) is 4. The first-order valence-corrected chi connectivity index (χ1v) is 9.72. The van der Waals surface area contributed by atoms with Crippen LogP contribution in [0.25, 0.3) is 0 Å². The molecule has 0 aromatic heterocycles. The Morgan fingerprint density at radius 1 is 1.41 bits per heavy atom. The van der Waals surface area contributed by atoms with E-state index in [1.807, 2.05) is 0 Å². The third-order valence-electron chi connectivity index (χ3n) is 5.31. The van der Waals surface area contributed by atoms with Crippen molar-refractivity contribution in [2.24, 2.45) is 11.3 Å². The van der Waals surface area contributed by atoms with E-state index in [0.29, 0.717) is 35.3 Å². The van der Waals surface area contributed by atoms with E-state index in [4.69, 9.17) is 16.3 Å². The summed E-state index contributed by atoms with van der Waals surface area (Å²) in [5.74, 6) is 0.770. The van der Waals surface area contributed by atoms with Crippen LogP contribution < -0.4 is 10.1 Å². The molecule has 1 heterocycles. The Balaban J connectivity index is 1.78. The Morgan fingerprint density at radius 3 is 2.67 bits per heavy atom. The summed E-state index contributed by atoms with van der Waals surface area (Å²) >= 11 is 6.01. The van der Waals surface area contributed by atoms with Crippen LogP contribution in [0.5, 0.6) is 5.75 Å². The molecule has 1 fully saturated rings. The molecule has 0 spiro atoms. The Hall–Kier alpha value is -1.37. The van der Waals surface area contributed by atoms with Crippen molar-refractivity contribution in [3.63, 3.8) is 0 Å². The van der Waals surface area contributed by atoms with Gasteiger partial charge in [0, 0.05) is 29.1 Å². The fourth-order valence-electron chi connectivity index (χ4n) is 3.10. The number of benzene rings is 1. The summed E-state index contributed by atoms with van der Waals surface area (Å²) in [5.41, 5.74) is -0.239. The number of alkyl halides is 1. The van der Waals surface area contributed by atoms with Crippen LogP contribution in [0.4, 0.5) is 4.39 Å². The van der Waals surface area contributed by atoms with Gasteiger partial charge in [-0.3, -0.25) is 9.18 Å². The molecule has 1 amide bonds. The molecule has 0 aliphatic carbocycles. The van der Waals surface area contributed by atoms with Gasteiger partial charge in [0.05, 0.1) is 19.9 Å². The highest BCUT2D eigenvalue weighted by atomic mass is 35.5. The largest absolute Gasteiger partial charge is 0.497 e. The van der Waals surface area contributed by atoms with Crippen LogP contribution >= 0.6 is 11.6 Å². The van der Waals surface area contributed by atoms with Gasteiger partial charge in [-0.1, -0.05) is 25.4 Å². The number of nitrogens with zero attached hydrogens (tertiary/aromatic N) is 1. The Morgan fingerprint density at radius 2 is 2.07 bits per heavy atom. The summed E-state index contributed by atoms with van der Waals surface area (Å²) in [6.45, 7) is 5.70. The number of ether oxygens (including phenoxy) is 1. The van der Waals surface area contributed by atoms with E-state index < -0.39 is 18.2 Å². The van der Waals surface area contributed by atoms with E-state index in [2.05, 4.69) is 10.2 Å². The average Bonchev–Trinajstić information content (AvgIpc) is 2.66. The minimum absolute atomic E-state index is 0.168. The lowest BCUT2D eigenvalue weighted by atomic mass is 9.87. The zero-order valence-electron chi connectivity index (χ0n) is 16.3. The van der Waals surface area contributed by atoms with Gasteiger partial charge in [-0.05, 0) is 50.0 Å². The maximum atomic E-state index is 13.0. The van der Waals surface area contributed by atoms with Gasteiger partial charge in [-0.2, -0.15) is 0 Å². The van der Waals surface area contributed by atoms with E-state index in [0.717, 1.165) is 25.9 Å². The molecule has 27 heavy (non-hydrogen) atoms. The van der Waals surface area contributed by atoms with E-state index >= 15 is 0 Å². The van der Waals surface area contributed by atoms with Crippen LogP contribution in [-0.4, -0.2) is 62.0 Å². The van der Waals surface area contributed by atoms with Crippen LogP contribution in [-0.2, 0) is 0 Å². The van der Waals surface area contributed by atoms with Gasteiger partial charge >= 0.3 is 0 Å². The summed E-state index contributed by atoms with van der Waals surface area (Å²) in [7, 11) is 1.53. The molecule has 0 saturated carbocycles. The Kier molecular flexibility index (Phi) is 7.89. The van der Waals surface area contributed by atoms with Crippen LogP contribution in [0.1, 0.15) is 37.0 Å². The molecule has 2 rings (SSSR count). The minimum atomic E-state index is -0.719. The average molecular weight is 401 g/mol. The molecular weight excluding hydrogens is 371 g/mol. The van der Waals surface area contributed by atoms with Crippen molar-refractivity contribution in [2.75, 3.05) is 40.0 Å². The number of β-amino-alcohol motifs (C(OH)–C–C–N with tert-alkyl or cyclic N) is 1. The second-order valence-corrected chi connectivity index (χ2v) is 8.41. The third-order valence-corrected chi connectivity index (χ3v) is 5.52. The van der Waals surface area contributed by atoms with Crippen molar-refractivity contribution in [1.82, 2.24) is 10.2 Å². The van der Waals surface area contributed by atoms with Crippen molar-refractivity contribution in [3.8, 4) is 5.75 Å². The number of nitrogens with one attached hydrogen (secondary N) is 1. The molecule has 1 aliphatic heterocycles. The van der Waals surface area contributed by atoms with Crippen LogP contribution in [0, 0.1) is 11.3 Å². The Bertz CT molecular complexity index is 634. The lowest BCUT2D eigenvalue weighted by Crippen LogP contribution is -2.46. The fraction of sp³-hybridized carbons (Fsp3) is 0.650. The molecule has 1 atom stereocenters. The molecule has 0 radical (unpaired) electrons. The summed E-state index contributed by atoms with van der Waals surface area (Å²) in [4.78, 5) is 14.5. The first-order chi connectivity index (χ1) is 12.7. The van der Waals surface area contributed by atoms with Gasteiger partial charge in [0.1, 0.15) is 5.75 Å². The number of carbonyl (C=O) groups excluding carboxylic acids is 1. The molecule has 1 aromatic carbocycles. The third kappa shape index (κ3) is 6.33. The van der Waals surface area contributed by atoms with E-state index in [1.54, 1.807) is 32.0 Å². The van der Waals surface area contributed by atoms with Crippen LogP contribution in [0.15, 0.2) is 18.2 Å². The normalized spacial score (nSPS) is 17.6. The zero-order valence-corrected chi connectivity index (χ0v) is 17.1. The first-order valence-electron chi connectivity index (χ1n) is 9.34. The smallest absolute Gasteiger partial charge is 0.251 e. The number of rotatable bonds is 8. The maximum Gasteiger partial charge on any atom is 0.251 e. The number of carbonyl (C=O) groups is 1. The summed E-state index contributed by atoms with van der Waals surface area (Å²) < 4.78 is 18.1. The van der Waals surface area contributed by atoms with Crippen molar-refractivity contribution >= 4 is 17.5 Å². The topological polar surface area (TPSA) is 61.8 Å². The fourth-order valence-corrected chi connectivity index (χ4v) is 3.33. The summed E-state index contributed by atoms with van der Waals surface area (Å²) in [6.07, 6.45) is 1.18. The SMILES string of the molecule is COc1cc(Cl)cc(C(=O)NCC2CCN(C[C@@H](O)C(C)(C)CF)CC2)c1. The quantitative estimate of drug-likeness (QED) is 0.703.